The van der Waals surface area contributed by atoms with Crippen molar-refractivity contribution >= 4 is 10.8 Å². The molecule has 1 aliphatic heterocycles. The van der Waals surface area contributed by atoms with Gasteiger partial charge in [-0.25, -0.2) is 8.78 Å². The Morgan fingerprint density at radius 1 is 1.47 bits per heavy atom. The molecule has 0 saturated carbocycles. The molecule has 2 rings (SSSR count). The lowest BCUT2D eigenvalue weighted by Gasteiger charge is -2.21. The van der Waals surface area contributed by atoms with Gasteiger partial charge in [0.1, 0.15) is 0 Å². The number of nitrogens with one attached hydrogen (secondary N) is 1. The maximum atomic E-state index is 13.1. The van der Waals surface area contributed by atoms with Crippen molar-refractivity contribution < 1.29 is 17.7 Å². The Labute approximate surface area is 113 Å². The van der Waals surface area contributed by atoms with Crippen molar-refractivity contribution in [2.75, 3.05) is 26.0 Å². The number of hydrogen-bond donors (Lipinski definition) is 1. The Morgan fingerprint density at radius 3 is 2.84 bits per heavy atom. The van der Waals surface area contributed by atoms with E-state index < -0.39 is 22.4 Å². The summed E-state index contributed by atoms with van der Waals surface area (Å²) < 4.78 is 43.4. The van der Waals surface area contributed by atoms with Gasteiger partial charge in [-0.05, 0) is 31.7 Å². The lowest BCUT2D eigenvalue weighted by molar-refractivity contribution is 0.179. The van der Waals surface area contributed by atoms with Crippen LogP contribution in [0.4, 0.5) is 8.78 Å². The molecule has 0 aromatic heterocycles. The van der Waals surface area contributed by atoms with Crippen LogP contribution in [0.15, 0.2) is 23.1 Å². The summed E-state index contributed by atoms with van der Waals surface area (Å²) in [7, 11) is 0.458. The average Bonchev–Trinajstić information content (AvgIpc) is 2.92. The Balaban J connectivity index is 2.04. The van der Waals surface area contributed by atoms with Gasteiger partial charge in [-0.1, -0.05) is 0 Å². The van der Waals surface area contributed by atoms with Crippen molar-refractivity contribution in [3.63, 3.8) is 0 Å². The topological polar surface area (TPSA) is 38.3 Å². The molecule has 19 heavy (non-hydrogen) atoms. The highest BCUT2D eigenvalue weighted by Crippen LogP contribution is 2.20. The van der Waals surface area contributed by atoms with Gasteiger partial charge in [0.2, 0.25) is 0 Å². The fourth-order valence-corrected chi connectivity index (χ4v) is 3.62. The summed E-state index contributed by atoms with van der Waals surface area (Å²) in [6.45, 7) is 1.38. The van der Waals surface area contributed by atoms with Crippen molar-refractivity contribution in [3.05, 3.63) is 29.8 Å². The predicted molar refractivity (Wildman–Crippen MR) is 69.4 cm³/mol. The molecular formula is C13H17F2NO2S. The highest BCUT2D eigenvalue weighted by Gasteiger charge is 2.26. The summed E-state index contributed by atoms with van der Waals surface area (Å²) >= 11 is 0. The van der Waals surface area contributed by atoms with Crippen LogP contribution < -0.4 is 5.32 Å². The van der Waals surface area contributed by atoms with E-state index in [1.165, 1.54) is 6.07 Å². The van der Waals surface area contributed by atoms with Crippen LogP contribution in [-0.2, 0) is 15.5 Å². The van der Waals surface area contributed by atoms with Crippen molar-refractivity contribution in [3.8, 4) is 0 Å². The Bertz CT molecular complexity index is 464. The quantitative estimate of drug-likeness (QED) is 0.896. The third-order valence-electron chi connectivity index (χ3n) is 3.39. The first-order chi connectivity index (χ1) is 9.11. The van der Waals surface area contributed by atoms with E-state index in [0.717, 1.165) is 25.2 Å². The highest BCUT2D eigenvalue weighted by atomic mass is 32.2. The highest BCUT2D eigenvalue weighted by molar-refractivity contribution is 7.85. The molecule has 3 nitrogen and oxygen atoms in total. The van der Waals surface area contributed by atoms with Gasteiger partial charge in [0.15, 0.2) is 11.6 Å². The summed E-state index contributed by atoms with van der Waals surface area (Å²) in [5.41, 5.74) is 0. The molecule has 0 radical (unpaired) electrons. The van der Waals surface area contributed by atoms with Gasteiger partial charge in [-0.2, -0.15) is 0 Å². The molecule has 106 valence electrons. The zero-order valence-corrected chi connectivity index (χ0v) is 11.5. The molecule has 3 atom stereocenters. The van der Waals surface area contributed by atoms with Crippen LogP contribution in [0.2, 0.25) is 0 Å². The second-order valence-electron chi connectivity index (χ2n) is 4.61. The molecule has 1 fully saturated rings. The summed E-state index contributed by atoms with van der Waals surface area (Å²) in [6, 6.07) is 3.43. The SMILES string of the molecule is CNC(CS(=O)c1ccc(F)c(F)c1)C1CCOC1. The minimum Gasteiger partial charge on any atom is -0.381 e. The van der Waals surface area contributed by atoms with E-state index in [1.807, 2.05) is 7.05 Å². The normalized spacial score (nSPS) is 22.4. The molecule has 1 aliphatic rings. The van der Waals surface area contributed by atoms with Crippen LogP contribution in [0.3, 0.4) is 0 Å². The summed E-state index contributed by atoms with van der Waals surface area (Å²) in [5.74, 6) is -1.19. The summed E-state index contributed by atoms with van der Waals surface area (Å²) in [6.07, 6.45) is 0.931. The molecule has 1 heterocycles. The van der Waals surface area contributed by atoms with Gasteiger partial charge in [0.25, 0.3) is 0 Å². The van der Waals surface area contributed by atoms with E-state index in [4.69, 9.17) is 4.74 Å². The fourth-order valence-electron chi connectivity index (χ4n) is 2.20. The van der Waals surface area contributed by atoms with Crippen molar-refractivity contribution in [2.24, 2.45) is 5.92 Å². The van der Waals surface area contributed by atoms with Gasteiger partial charge >= 0.3 is 0 Å². The molecular weight excluding hydrogens is 272 g/mol. The molecule has 1 N–H and O–H groups in total. The van der Waals surface area contributed by atoms with Gasteiger partial charge in [0.05, 0.1) is 17.4 Å². The average molecular weight is 289 g/mol. The third kappa shape index (κ3) is 3.58. The number of benzene rings is 1. The maximum absolute atomic E-state index is 13.1. The molecule has 1 aromatic carbocycles. The maximum Gasteiger partial charge on any atom is 0.160 e. The van der Waals surface area contributed by atoms with Crippen LogP contribution in [0.25, 0.3) is 0 Å². The molecule has 0 spiro atoms. The van der Waals surface area contributed by atoms with Gasteiger partial charge in [0, 0.05) is 29.2 Å². The molecule has 0 bridgehead atoms. The van der Waals surface area contributed by atoms with Crippen LogP contribution >= 0.6 is 0 Å². The first kappa shape index (κ1) is 14.6. The standard InChI is InChI=1S/C13H17F2NO2S/c1-16-13(9-4-5-18-7-9)8-19(17)10-2-3-11(14)12(15)6-10/h2-3,6,9,13,16H,4-5,7-8H2,1H3. The minimum atomic E-state index is -1.35. The zero-order valence-electron chi connectivity index (χ0n) is 10.7. The molecule has 1 aromatic rings. The van der Waals surface area contributed by atoms with E-state index in [9.17, 15) is 13.0 Å². The van der Waals surface area contributed by atoms with Gasteiger partial charge < -0.3 is 10.1 Å². The number of rotatable bonds is 5. The van der Waals surface area contributed by atoms with Crippen LogP contribution in [-0.4, -0.2) is 36.3 Å². The van der Waals surface area contributed by atoms with E-state index in [-0.39, 0.29) is 6.04 Å². The summed E-state index contributed by atoms with van der Waals surface area (Å²) in [4.78, 5) is 0.318. The van der Waals surface area contributed by atoms with Gasteiger partial charge in [-0.3, -0.25) is 4.21 Å². The van der Waals surface area contributed by atoms with Crippen LogP contribution in [0.1, 0.15) is 6.42 Å². The fraction of sp³-hybridized carbons (Fsp3) is 0.538. The van der Waals surface area contributed by atoms with E-state index in [2.05, 4.69) is 5.32 Å². The van der Waals surface area contributed by atoms with Crippen LogP contribution in [0.5, 0.6) is 0 Å². The second kappa shape index (κ2) is 6.54. The Kier molecular flexibility index (Phi) is 5.01. The lowest BCUT2D eigenvalue weighted by Crippen LogP contribution is -2.38. The lowest BCUT2D eigenvalue weighted by atomic mass is 10.0. The molecule has 3 unspecified atom stereocenters. The first-order valence-electron chi connectivity index (χ1n) is 6.20. The Morgan fingerprint density at radius 2 is 2.26 bits per heavy atom. The largest absolute Gasteiger partial charge is 0.381 e. The zero-order chi connectivity index (χ0) is 13.8. The Hall–Kier alpha value is -0.850. The molecule has 0 aliphatic carbocycles. The molecule has 6 heteroatoms. The summed E-state index contributed by atoms with van der Waals surface area (Å²) in [5, 5.41) is 3.13. The number of ether oxygens (including phenoxy) is 1. The van der Waals surface area contributed by atoms with Crippen molar-refractivity contribution in [1.29, 1.82) is 0 Å². The first-order valence-corrected chi connectivity index (χ1v) is 7.52. The number of halogens is 2. The van der Waals surface area contributed by atoms with E-state index >= 15 is 0 Å². The molecule has 0 amide bonds. The predicted octanol–water partition coefficient (Wildman–Crippen LogP) is 1.70. The minimum absolute atomic E-state index is 0.0523. The van der Waals surface area contributed by atoms with Gasteiger partial charge in [-0.15, -0.1) is 0 Å². The second-order valence-corrected chi connectivity index (χ2v) is 6.10. The van der Waals surface area contributed by atoms with E-state index in [1.54, 1.807) is 0 Å². The van der Waals surface area contributed by atoms with Crippen LogP contribution in [0, 0.1) is 17.6 Å². The number of hydrogen-bond acceptors (Lipinski definition) is 3. The smallest absolute Gasteiger partial charge is 0.160 e. The van der Waals surface area contributed by atoms with Crippen molar-refractivity contribution in [1.82, 2.24) is 5.32 Å². The third-order valence-corrected chi connectivity index (χ3v) is 4.83. The molecule has 1 saturated heterocycles. The van der Waals surface area contributed by atoms with E-state index in [0.29, 0.717) is 23.2 Å². The monoisotopic (exact) mass is 289 g/mol. The van der Waals surface area contributed by atoms with Crippen molar-refractivity contribution in [2.45, 2.75) is 17.4 Å².